The largest absolute Gasteiger partial charge is 2.00 e. The first-order valence-corrected chi connectivity index (χ1v) is 13.1. The molecule has 178 valence electrons. The number of ether oxygens (including phenoxy) is 1. The van der Waals surface area contributed by atoms with Crippen LogP contribution in [0.15, 0.2) is 60.7 Å². The quantitative estimate of drug-likeness (QED) is 0.172. The van der Waals surface area contributed by atoms with Crippen LogP contribution in [0.25, 0.3) is 11.1 Å². The van der Waals surface area contributed by atoms with Crippen LogP contribution in [0, 0.1) is 0 Å². The summed E-state index contributed by atoms with van der Waals surface area (Å²) in [7, 11) is 0. The van der Waals surface area contributed by atoms with Crippen molar-refractivity contribution in [1.29, 1.82) is 0 Å². The fraction of sp³-hybridized carbons (Fsp3) is 0.600. The summed E-state index contributed by atoms with van der Waals surface area (Å²) in [6.45, 7) is 6.53. The summed E-state index contributed by atoms with van der Waals surface area (Å²) >= 11 is 0. The molecule has 0 bridgehead atoms. The molecule has 1 nitrogen and oxygen atoms in total. The molecule has 2 heteroatoms. The van der Waals surface area contributed by atoms with Gasteiger partial charge in [-0.1, -0.05) is 152 Å². The van der Waals surface area contributed by atoms with Gasteiger partial charge >= 0.3 is 23.1 Å². The molecule has 0 unspecified atom stereocenters. The maximum atomic E-state index is 5.69. The Bertz CT molecular complexity index is 542. The Kier molecular flexibility index (Phi) is 24.2. The molecule has 0 fully saturated rings. The molecule has 2 rings (SSSR count). The molecule has 0 radical (unpaired) electrons. The summed E-state index contributed by atoms with van der Waals surface area (Å²) in [5.41, 5.74) is 2.55. The molecule has 0 N–H and O–H groups in total. The minimum absolute atomic E-state index is 0. The van der Waals surface area contributed by atoms with E-state index in [9.17, 15) is 0 Å². The number of hydrogen-bond acceptors (Lipinski definition) is 1. The average molecular weight is 451 g/mol. The molecule has 0 saturated carbocycles. The molecule has 32 heavy (non-hydrogen) atoms. The predicted molar refractivity (Wildman–Crippen MR) is 147 cm³/mol. The van der Waals surface area contributed by atoms with E-state index in [4.69, 9.17) is 4.74 Å². The van der Waals surface area contributed by atoms with Gasteiger partial charge < -0.3 is 7.59 Å². The molecule has 2 aromatic carbocycles. The van der Waals surface area contributed by atoms with Crippen molar-refractivity contribution in [2.75, 3.05) is 13.2 Å². The molecule has 0 spiro atoms. The maximum Gasteiger partial charge on any atom is 2.00 e. The Labute approximate surface area is 218 Å². The second-order valence-electron chi connectivity index (χ2n) is 8.59. The van der Waals surface area contributed by atoms with E-state index >= 15 is 0 Å². The van der Waals surface area contributed by atoms with Gasteiger partial charge in [-0.3, -0.25) is 0 Å². The van der Waals surface area contributed by atoms with E-state index < -0.39 is 0 Å². The van der Waals surface area contributed by atoms with E-state index in [2.05, 4.69) is 62.4 Å². The SMILES string of the molecule is CCCCCCCCCOCCCCCCCCC.[H-].[H-].[Mg+2].c1ccc(-c2ccccc2)cc1. The van der Waals surface area contributed by atoms with Crippen LogP contribution in [0.1, 0.15) is 107 Å². The Hall–Kier alpha value is -0.834. The molecule has 0 heterocycles. The van der Waals surface area contributed by atoms with E-state index in [0.717, 1.165) is 13.2 Å². The molecular weight excluding hydrogens is 401 g/mol. The number of unbranched alkanes of at least 4 members (excludes halogenated alkanes) is 12. The van der Waals surface area contributed by atoms with Crippen LogP contribution in [0.5, 0.6) is 0 Å². The van der Waals surface area contributed by atoms with Gasteiger partial charge in [0.2, 0.25) is 0 Å². The van der Waals surface area contributed by atoms with Crippen molar-refractivity contribution < 1.29 is 7.59 Å². The van der Waals surface area contributed by atoms with Crippen molar-refractivity contribution in [1.82, 2.24) is 0 Å². The van der Waals surface area contributed by atoms with E-state index in [-0.39, 0.29) is 25.9 Å². The first-order valence-electron chi connectivity index (χ1n) is 13.1. The molecule has 0 aliphatic rings. The fourth-order valence-electron chi connectivity index (χ4n) is 3.69. The molecule has 0 aliphatic carbocycles. The van der Waals surface area contributed by atoms with Crippen molar-refractivity contribution in [3.63, 3.8) is 0 Å². The van der Waals surface area contributed by atoms with Gasteiger partial charge in [-0.2, -0.15) is 0 Å². The minimum atomic E-state index is 0. The summed E-state index contributed by atoms with van der Waals surface area (Å²) in [4.78, 5) is 0. The zero-order valence-electron chi connectivity index (χ0n) is 23.2. The van der Waals surface area contributed by atoms with Crippen LogP contribution < -0.4 is 0 Å². The fourth-order valence-corrected chi connectivity index (χ4v) is 3.69. The van der Waals surface area contributed by atoms with Crippen LogP contribution in [0.2, 0.25) is 0 Å². The van der Waals surface area contributed by atoms with Crippen molar-refractivity contribution >= 4 is 23.1 Å². The van der Waals surface area contributed by atoms with E-state index in [1.165, 1.54) is 101 Å². The summed E-state index contributed by atoms with van der Waals surface area (Å²) in [5.74, 6) is 0. The summed E-state index contributed by atoms with van der Waals surface area (Å²) in [6.07, 6.45) is 19.3. The molecular formula is C30H50MgO. The standard InChI is InChI=1S/C18H38O.C12H10.Mg.2H/c1-3-5-7-9-11-13-15-17-19-18-16-14-12-10-8-6-4-2;1-3-7-11(8-4-1)12-9-5-2-6-10-12;;;/h3-18H2,1-2H3;1-10H;;;/q;;+2;2*-1. The molecule has 0 aliphatic heterocycles. The normalized spacial score (nSPS) is 10.2. The molecule has 0 saturated heterocycles. The van der Waals surface area contributed by atoms with Crippen LogP contribution in [-0.2, 0) is 4.74 Å². The second kappa shape index (κ2) is 24.8. The smallest absolute Gasteiger partial charge is 1.00 e. The van der Waals surface area contributed by atoms with Gasteiger partial charge in [-0.15, -0.1) is 0 Å². The van der Waals surface area contributed by atoms with Crippen molar-refractivity contribution in [3.8, 4) is 11.1 Å². The van der Waals surface area contributed by atoms with E-state index in [0.29, 0.717) is 0 Å². The third-order valence-corrected chi connectivity index (χ3v) is 5.67. The maximum absolute atomic E-state index is 5.69. The third-order valence-electron chi connectivity index (χ3n) is 5.67. The zero-order chi connectivity index (χ0) is 22.2. The topological polar surface area (TPSA) is 9.23 Å². The Morgan fingerprint density at radius 3 is 1.12 bits per heavy atom. The summed E-state index contributed by atoms with van der Waals surface area (Å²) in [5, 5.41) is 0. The predicted octanol–water partition coefficient (Wildman–Crippen LogP) is 9.70. The first kappa shape index (κ1) is 31.2. The van der Waals surface area contributed by atoms with Crippen molar-refractivity contribution in [2.24, 2.45) is 0 Å². The van der Waals surface area contributed by atoms with Crippen molar-refractivity contribution in [3.05, 3.63) is 60.7 Å². The Morgan fingerprint density at radius 1 is 0.469 bits per heavy atom. The monoisotopic (exact) mass is 450 g/mol. The molecule has 0 aromatic heterocycles. The van der Waals surface area contributed by atoms with Gasteiger partial charge in [0.15, 0.2) is 0 Å². The molecule has 2 aromatic rings. The molecule has 0 amide bonds. The third kappa shape index (κ3) is 18.7. The summed E-state index contributed by atoms with van der Waals surface area (Å²) in [6, 6.07) is 20.8. The Balaban J connectivity index is -0.000000555. The van der Waals surface area contributed by atoms with Gasteiger partial charge in [0, 0.05) is 13.2 Å². The van der Waals surface area contributed by atoms with Crippen LogP contribution in [0.3, 0.4) is 0 Å². The van der Waals surface area contributed by atoms with Gasteiger partial charge in [0.25, 0.3) is 0 Å². The minimum Gasteiger partial charge on any atom is -1.00 e. The second-order valence-corrected chi connectivity index (χ2v) is 8.59. The number of benzene rings is 2. The van der Waals surface area contributed by atoms with E-state index in [1.807, 2.05) is 12.1 Å². The van der Waals surface area contributed by atoms with Crippen LogP contribution in [0.4, 0.5) is 0 Å². The first-order chi connectivity index (χ1) is 15.4. The number of hydrogen-bond donors (Lipinski definition) is 0. The van der Waals surface area contributed by atoms with Gasteiger partial charge in [0.1, 0.15) is 0 Å². The zero-order valence-corrected chi connectivity index (χ0v) is 22.6. The van der Waals surface area contributed by atoms with Crippen LogP contribution >= 0.6 is 0 Å². The summed E-state index contributed by atoms with van der Waals surface area (Å²) < 4.78 is 5.69. The average Bonchev–Trinajstić information content (AvgIpc) is 2.83. The van der Waals surface area contributed by atoms with Gasteiger partial charge in [-0.25, -0.2) is 0 Å². The number of rotatable bonds is 17. The molecule has 0 atom stereocenters. The van der Waals surface area contributed by atoms with Gasteiger partial charge in [-0.05, 0) is 24.0 Å². The van der Waals surface area contributed by atoms with Crippen LogP contribution in [-0.4, -0.2) is 36.3 Å². The van der Waals surface area contributed by atoms with E-state index in [1.54, 1.807) is 0 Å². The Morgan fingerprint density at radius 2 is 0.781 bits per heavy atom. The van der Waals surface area contributed by atoms with Crippen molar-refractivity contribution in [2.45, 2.75) is 104 Å². The van der Waals surface area contributed by atoms with Gasteiger partial charge in [0.05, 0.1) is 0 Å².